The Morgan fingerprint density at radius 3 is 2.40 bits per heavy atom. The number of benzene rings is 2. The van der Waals surface area contributed by atoms with Crippen LogP contribution in [0.2, 0.25) is 5.02 Å². The molecule has 0 fully saturated rings. The molecule has 3 nitrogen and oxygen atoms in total. The molecular formula is C16H11ClN2O. The molecule has 0 aliphatic heterocycles. The van der Waals surface area contributed by atoms with Crippen LogP contribution >= 0.6 is 11.6 Å². The quantitative estimate of drug-likeness (QED) is 0.707. The lowest BCUT2D eigenvalue weighted by atomic mass is 10.2. The van der Waals surface area contributed by atoms with Crippen molar-refractivity contribution in [2.45, 2.75) is 0 Å². The van der Waals surface area contributed by atoms with Crippen LogP contribution in [0.3, 0.4) is 0 Å². The van der Waals surface area contributed by atoms with Crippen LogP contribution in [0, 0.1) is 0 Å². The van der Waals surface area contributed by atoms with Crippen LogP contribution in [0.4, 0.5) is 0 Å². The van der Waals surface area contributed by atoms with E-state index >= 15 is 0 Å². The average molecular weight is 283 g/mol. The van der Waals surface area contributed by atoms with Crippen LogP contribution in [0.25, 0.3) is 23.6 Å². The molecule has 98 valence electrons. The Hall–Kier alpha value is -2.39. The molecule has 0 N–H and O–H groups in total. The van der Waals surface area contributed by atoms with Crippen LogP contribution in [0.1, 0.15) is 11.4 Å². The second kappa shape index (κ2) is 5.72. The highest BCUT2D eigenvalue weighted by molar-refractivity contribution is 6.30. The molecule has 0 unspecified atom stereocenters. The SMILES string of the molecule is Clc1ccc(/C=C/c2noc(-c3ccccc3)n2)cc1. The molecule has 20 heavy (non-hydrogen) atoms. The molecule has 0 bridgehead atoms. The van der Waals surface area contributed by atoms with Gasteiger partial charge in [-0.1, -0.05) is 53.2 Å². The van der Waals surface area contributed by atoms with Gasteiger partial charge in [0.25, 0.3) is 5.89 Å². The van der Waals surface area contributed by atoms with E-state index in [4.69, 9.17) is 16.1 Å². The molecule has 1 heterocycles. The first-order valence-electron chi connectivity index (χ1n) is 6.14. The minimum atomic E-state index is 0.515. The maximum absolute atomic E-state index is 5.84. The first kappa shape index (κ1) is 12.6. The van der Waals surface area contributed by atoms with Crippen molar-refractivity contribution in [2.75, 3.05) is 0 Å². The summed E-state index contributed by atoms with van der Waals surface area (Å²) in [6.07, 6.45) is 3.72. The Bertz CT molecular complexity index is 718. The summed E-state index contributed by atoms with van der Waals surface area (Å²) in [6, 6.07) is 17.2. The topological polar surface area (TPSA) is 38.9 Å². The molecule has 0 spiro atoms. The van der Waals surface area contributed by atoms with E-state index in [0.29, 0.717) is 16.7 Å². The van der Waals surface area contributed by atoms with Crippen molar-refractivity contribution in [3.05, 3.63) is 71.0 Å². The van der Waals surface area contributed by atoms with Crippen LogP contribution in [-0.4, -0.2) is 10.1 Å². The zero-order chi connectivity index (χ0) is 13.8. The summed E-state index contributed by atoms with van der Waals surface area (Å²) < 4.78 is 5.22. The monoisotopic (exact) mass is 282 g/mol. The molecule has 0 atom stereocenters. The molecule has 3 aromatic rings. The van der Waals surface area contributed by atoms with Crippen molar-refractivity contribution < 1.29 is 4.52 Å². The highest BCUT2D eigenvalue weighted by Gasteiger charge is 2.05. The van der Waals surface area contributed by atoms with Gasteiger partial charge in [-0.3, -0.25) is 0 Å². The fourth-order valence-electron chi connectivity index (χ4n) is 1.75. The molecular weight excluding hydrogens is 272 g/mol. The molecule has 0 saturated heterocycles. The highest BCUT2D eigenvalue weighted by atomic mass is 35.5. The van der Waals surface area contributed by atoms with E-state index in [2.05, 4.69) is 10.1 Å². The van der Waals surface area contributed by atoms with Gasteiger partial charge in [-0.05, 0) is 35.9 Å². The third-order valence-electron chi connectivity index (χ3n) is 2.76. The number of hydrogen-bond acceptors (Lipinski definition) is 3. The number of halogens is 1. The molecule has 0 saturated carbocycles. The minimum Gasteiger partial charge on any atom is -0.334 e. The number of hydrogen-bond donors (Lipinski definition) is 0. The Morgan fingerprint density at radius 2 is 1.65 bits per heavy atom. The summed E-state index contributed by atoms with van der Waals surface area (Å²) in [5, 5.41) is 4.64. The van der Waals surface area contributed by atoms with Gasteiger partial charge in [0.2, 0.25) is 0 Å². The summed E-state index contributed by atoms with van der Waals surface area (Å²) in [7, 11) is 0. The van der Waals surface area contributed by atoms with Crippen LogP contribution < -0.4 is 0 Å². The maximum Gasteiger partial charge on any atom is 0.258 e. The van der Waals surface area contributed by atoms with Crippen molar-refractivity contribution in [3.63, 3.8) is 0 Å². The van der Waals surface area contributed by atoms with Gasteiger partial charge in [-0.2, -0.15) is 4.98 Å². The van der Waals surface area contributed by atoms with Gasteiger partial charge in [-0.15, -0.1) is 0 Å². The van der Waals surface area contributed by atoms with Crippen molar-refractivity contribution in [1.29, 1.82) is 0 Å². The van der Waals surface area contributed by atoms with Gasteiger partial charge in [0.1, 0.15) is 0 Å². The number of nitrogens with zero attached hydrogens (tertiary/aromatic N) is 2. The predicted molar refractivity (Wildman–Crippen MR) is 80.1 cm³/mol. The zero-order valence-corrected chi connectivity index (χ0v) is 11.3. The molecule has 0 amide bonds. The fourth-order valence-corrected chi connectivity index (χ4v) is 1.87. The summed E-state index contributed by atoms with van der Waals surface area (Å²) in [5.74, 6) is 1.06. The first-order chi connectivity index (χ1) is 9.81. The third kappa shape index (κ3) is 2.95. The van der Waals surface area contributed by atoms with E-state index < -0.39 is 0 Å². The second-order valence-corrected chi connectivity index (χ2v) is 4.65. The summed E-state index contributed by atoms with van der Waals surface area (Å²) >= 11 is 5.84. The Morgan fingerprint density at radius 1 is 0.900 bits per heavy atom. The molecule has 1 aromatic heterocycles. The Labute approximate surface area is 121 Å². The lowest BCUT2D eigenvalue weighted by Gasteiger charge is -1.92. The molecule has 0 aliphatic rings. The van der Waals surface area contributed by atoms with Crippen molar-refractivity contribution in [1.82, 2.24) is 10.1 Å². The van der Waals surface area contributed by atoms with Crippen LogP contribution in [0.5, 0.6) is 0 Å². The molecule has 3 rings (SSSR count). The predicted octanol–water partition coefficient (Wildman–Crippen LogP) is 4.56. The molecule has 2 aromatic carbocycles. The lowest BCUT2D eigenvalue weighted by molar-refractivity contribution is 0.429. The van der Waals surface area contributed by atoms with Gasteiger partial charge in [0.15, 0.2) is 5.82 Å². The number of aromatic nitrogens is 2. The highest BCUT2D eigenvalue weighted by Crippen LogP contribution is 2.17. The van der Waals surface area contributed by atoms with E-state index in [1.807, 2.05) is 60.7 Å². The Kier molecular flexibility index (Phi) is 3.61. The summed E-state index contributed by atoms with van der Waals surface area (Å²) in [4.78, 5) is 4.32. The van der Waals surface area contributed by atoms with E-state index in [1.165, 1.54) is 0 Å². The van der Waals surface area contributed by atoms with E-state index in [-0.39, 0.29) is 0 Å². The van der Waals surface area contributed by atoms with Gasteiger partial charge >= 0.3 is 0 Å². The summed E-state index contributed by atoms with van der Waals surface area (Å²) in [6.45, 7) is 0. The zero-order valence-electron chi connectivity index (χ0n) is 10.5. The molecule has 0 aliphatic carbocycles. The van der Waals surface area contributed by atoms with Crippen molar-refractivity contribution in [2.24, 2.45) is 0 Å². The van der Waals surface area contributed by atoms with Crippen molar-refractivity contribution >= 4 is 23.8 Å². The largest absolute Gasteiger partial charge is 0.334 e. The van der Waals surface area contributed by atoms with Crippen LogP contribution in [-0.2, 0) is 0 Å². The smallest absolute Gasteiger partial charge is 0.258 e. The van der Waals surface area contributed by atoms with Gasteiger partial charge in [-0.25, -0.2) is 0 Å². The molecule has 4 heteroatoms. The second-order valence-electron chi connectivity index (χ2n) is 4.21. The molecule has 0 radical (unpaired) electrons. The third-order valence-corrected chi connectivity index (χ3v) is 3.01. The number of rotatable bonds is 3. The lowest BCUT2D eigenvalue weighted by Crippen LogP contribution is -1.77. The average Bonchev–Trinajstić information content (AvgIpc) is 2.97. The Balaban J connectivity index is 1.79. The van der Waals surface area contributed by atoms with Gasteiger partial charge < -0.3 is 4.52 Å². The normalized spacial score (nSPS) is 11.1. The van der Waals surface area contributed by atoms with Crippen LogP contribution in [0.15, 0.2) is 59.1 Å². The fraction of sp³-hybridized carbons (Fsp3) is 0. The van der Waals surface area contributed by atoms with Crippen molar-refractivity contribution in [3.8, 4) is 11.5 Å². The van der Waals surface area contributed by atoms with Gasteiger partial charge in [0, 0.05) is 10.6 Å². The first-order valence-corrected chi connectivity index (χ1v) is 6.52. The standard InChI is InChI=1S/C16H11ClN2O/c17-14-9-6-12(7-10-14)8-11-15-18-16(20-19-15)13-4-2-1-3-5-13/h1-11H/b11-8+. The maximum atomic E-state index is 5.84. The van der Waals surface area contributed by atoms with E-state index in [0.717, 1.165) is 11.1 Å². The minimum absolute atomic E-state index is 0.515. The van der Waals surface area contributed by atoms with E-state index in [9.17, 15) is 0 Å². The van der Waals surface area contributed by atoms with E-state index in [1.54, 1.807) is 6.08 Å². The summed E-state index contributed by atoms with van der Waals surface area (Å²) in [5.41, 5.74) is 1.94. The van der Waals surface area contributed by atoms with Gasteiger partial charge in [0.05, 0.1) is 0 Å².